The van der Waals surface area contributed by atoms with Crippen LogP contribution in [0.15, 0.2) is 53.5 Å². The molecule has 2 aliphatic heterocycles. The SMILES string of the molecule is CN1CCN(c2ccc(-c3cc(F)cc(-c4ccc(=O)n(C5CCNCC5)c4)c3O)cc2Cl)C1=O. The molecule has 0 bridgehead atoms. The minimum atomic E-state index is -0.524. The quantitative estimate of drug-likeness (QED) is 0.558. The second-order valence-corrected chi connectivity index (χ2v) is 9.42. The highest BCUT2D eigenvalue weighted by atomic mass is 35.5. The van der Waals surface area contributed by atoms with Crippen LogP contribution in [0, 0.1) is 5.82 Å². The second-order valence-electron chi connectivity index (χ2n) is 9.02. The lowest BCUT2D eigenvalue weighted by molar-refractivity contribution is 0.229. The van der Waals surface area contributed by atoms with Crippen LogP contribution >= 0.6 is 11.6 Å². The minimum absolute atomic E-state index is 0.0533. The summed E-state index contributed by atoms with van der Waals surface area (Å²) < 4.78 is 16.4. The topological polar surface area (TPSA) is 77.8 Å². The van der Waals surface area contributed by atoms with Gasteiger partial charge in [-0.05, 0) is 61.8 Å². The average molecular weight is 497 g/mol. The molecule has 0 aliphatic carbocycles. The molecule has 2 N–H and O–H groups in total. The molecule has 1 aromatic heterocycles. The molecule has 0 spiro atoms. The zero-order valence-electron chi connectivity index (χ0n) is 19.3. The van der Waals surface area contributed by atoms with Crippen LogP contribution in [0.4, 0.5) is 14.9 Å². The fraction of sp³-hybridized carbons (Fsp3) is 0.308. The third kappa shape index (κ3) is 4.39. The number of aromatic nitrogens is 1. The van der Waals surface area contributed by atoms with Gasteiger partial charge >= 0.3 is 6.03 Å². The largest absolute Gasteiger partial charge is 0.507 e. The molecule has 0 unspecified atom stereocenters. The van der Waals surface area contributed by atoms with Crippen LogP contribution in [0.3, 0.4) is 0 Å². The normalized spacial score (nSPS) is 16.8. The Morgan fingerprint density at radius 1 is 1.00 bits per heavy atom. The molecule has 3 heterocycles. The van der Waals surface area contributed by atoms with Crippen molar-refractivity contribution in [2.75, 3.05) is 38.1 Å². The lowest BCUT2D eigenvalue weighted by Gasteiger charge is -2.25. The van der Waals surface area contributed by atoms with Gasteiger partial charge in [-0.2, -0.15) is 0 Å². The Morgan fingerprint density at radius 2 is 1.69 bits per heavy atom. The number of aromatic hydroxyl groups is 1. The number of piperidine rings is 1. The van der Waals surface area contributed by atoms with Gasteiger partial charge in [-0.15, -0.1) is 0 Å². The van der Waals surface area contributed by atoms with Gasteiger partial charge in [0.05, 0.1) is 10.7 Å². The lowest BCUT2D eigenvalue weighted by atomic mass is 9.97. The molecule has 2 fully saturated rings. The zero-order valence-corrected chi connectivity index (χ0v) is 20.1. The van der Waals surface area contributed by atoms with E-state index in [0.29, 0.717) is 40.5 Å². The maximum absolute atomic E-state index is 14.8. The number of benzene rings is 2. The third-order valence-electron chi connectivity index (χ3n) is 6.79. The predicted molar refractivity (Wildman–Crippen MR) is 135 cm³/mol. The highest BCUT2D eigenvalue weighted by molar-refractivity contribution is 6.34. The van der Waals surface area contributed by atoms with Crippen LogP contribution in [0.2, 0.25) is 5.02 Å². The maximum Gasteiger partial charge on any atom is 0.324 e. The summed E-state index contributed by atoms with van der Waals surface area (Å²) in [5.41, 5.74) is 2.08. The van der Waals surface area contributed by atoms with Gasteiger partial charge in [0.2, 0.25) is 0 Å². The molecule has 2 amide bonds. The van der Waals surface area contributed by atoms with E-state index in [1.165, 1.54) is 18.2 Å². The molecule has 35 heavy (non-hydrogen) atoms. The Bertz CT molecular complexity index is 1350. The van der Waals surface area contributed by atoms with Crippen molar-refractivity contribution in [1.82, 2.24) is 14.8 Å². The van der Waals surface area contributed by atoms with Crippen LogP contribution in [0.1, 0.15) is 18.9 Å². The van der Waals surface area contributed by atoms with E-state index < -0.39 is 5.82 Å². The molecule has 2 saturated heterocycles. The molecule has 0 radical (unpaired) electrons. The summed E-state index contributed by atoms with van der Waals surface area (Å²) >= 11 is 6.51. The number of anilines is 1. The van der Waals surface area contributed by atoms with Crippen LogP contribution in [0.25, 0.3) is 22.3 Å². The Hall–Kier alpha value is -3.36. The number of hydrogen-bond acceptors (Lipinski definition) is 4. The first-order chi connectivity index (χ1) is 16.8. The molecule has 9 heteroatoms. The molecular weight excluding hydrogens is 471 g/mol. The third-order valence-corrected chi connectivity index (χ3v) is 7.09. The Labute approximate surface area is 207 Å². The van der Waals surface area contributed by atoms with Crippen molar-refractivity contribution in [1.29, 1.82) is 0 Å². The molecule has 5 rings (SSSR count). The number of pyridine rings is 1. The standard InChI is InChI=1S/C26H26ClFN4O3/c1-30-10-11-31(26(30)35)23-4-2-16(12-22(23)27)20-13-18(28)14-21(25(20)34)17-3-5-24(33)32(15-17)19-6-8-29-9-7-19/h2-5,12-15,19,29,34H,6-11H2,1H3. The van der Waals surface area contributed by atoms with E-state index in [2.05, 4.69) is 5.32 Å². The van der Waals surface area contributed by atoms with E-state index in [1.807, 2.05) is 0 Å². The van der Waals surface area contributed by atoms with Crippen molar-refractivity contribution in [3.05, 3.63) is 69.9 Å². The summed E-state index contributed by atoms with van der Waals surface area (Å²) in [5, 5.41) is 14.8. The number of carbonyl (C=O) groups is 1. The number of nitrogens with zero attached hydrogens (tertiary/aromatic N) is 3. The minimum Gasteiger partial charge on any atom is -0.507 e. The number of phenolic OH excluding ortho intramolecular Hbond substituents is 1. The van der Waals surface area contributed by atoms with Gasteiger partial charge < -0.3 is 19.9 Å². The molecule has 182 valence electrons. The highest BCUT2D eigenvalue weighted by Crippen LogP contribution is 2.41. The van der Waals surface area contributed by atoms with E-state index in [4.69, 9.17) is 11.6 Å². The number of urea groups is 1. The first kappa shape index (κ1) is 23.4. The van der Waals surface area contributed by atoms with Crippen LogP contribution in [-0.2, 0) is 0 Å². The number of amides is 2. The van der Waals surface area contributed by atoms with Crippen LogP contribution in [-0.4, -0.2) is 53.8 Å². The monoisotopic (exact) mass is 496 g/mol. The highest BCUT2D eigenvalue weighted by Gasteiger charge is 2.28. The summed E-state index contributed by atoms with van der Waals surface area (Å²) in [7, 11) is 1.73. The number of halogens is 2. The van der Waals surface area contributed by atoms with Crippen molar-refractivity contribution in [3.63, 3.8) is 0 Å². The maximum atomic E-state index is 14.8. The molecule has 0 atom stereocenters. The van der Waals surface area contributed by atoms with E-state index in [0.717, 1.165) is 25.9 Å². The predicted octanol–water partition coefficient (Wildman–Crippen LogP) is 4.48. The summed E-state index contributed by atoms with van der Waals surface area (Å²) in [6.07, 6.45) is 3.34. The van der Waals surface area contributed by atoms with Crippen molar-refractivity contribution >= 4 is 23.3 Å². The number of phenols is 1. The van der Waals surface area contributed by atoms with Gasteiger partial charge in [-0.25, -0.2) is 9.18 Å². The first-order valence-corrected chi connectivity index (χ1v) is 12.0. The Kier molecular flexibility index (Phi) is 6.25. The number of likely N-dealkylation sites (N-methyl/N-ethyl adjacent to an activating group) is 1. The van der Waals surface area contributed by atoms with Gasteiger partial charge in [-0.3, -0.25) is 9.69 Å². The van der Waals surface area contributed by atoms with Gasteiger partial charge in [0.15, 0.2) is 0 Å². The summed E-state index contributed by atoms with van der Waals surface area (Å²) in [6.45, 7) is 2.78. The summed E-state index contributed by atoms with van der Waals surface area (Å²) in [6, 6.07) is 10.5. The van der Waals surface area contributed by atoms with Crippen LogP contribution < -0.4 is 15.8 Å². The second kappa shape index (κ2) is 9.36. The van der Waals surface area contributed by atoms with E-state index >= 15 is 0 Å². The first-order valence-electron chi connectivity index (χ1n) is 11.6. The molecule has 0 saturated carbocycles. The average Bonchev–Trinajstić information content (AvgIpc) is 3.19. The van der Waals surface area contributed by atoms with E-state index in [1.54, 1.807) is 51.9 Å². The fourth-order valence-electron chi connectivity index (χ4n) is 4.84. The Morgan fingerprint density at radius 3 is 2.34 bits per heavy atom. The Balaban J connectivity index is 1.53. The van der Waals surface area contributed by atoms with Crippen molar-refractivity contribution < 1.29 is 14.3 Å². The fourth-order valence-corrected chi connectivity index (χ4v) is 5.12. The zero-order chi connectivity index (χ0) is 24.7. The number of hydrogen-bond donors (Lipinski definition) is 2. The van der Waals surface area contributed by atoms with Gasteiger partial charge in [0.1, 0.15) is 11.6 Å². The number of nitrogens with one attached hydrogen (secondary N) is 1. The summed E-state index contributed by atoms with van der Waals surface area (Å²) in [4.78, 5) is 28.1. The summed E-state index contributed by atoms with van der Waals surface area (Å²) in [5.74, 6) is -0.633. The van der Waals surface area contributed by atoms with Crippen molar-refractivity contribution in [3.8, 4) is 28.0 Å². The van der Waals surface area contributed by atoms with E-state index in [9.17, 15) is 19.1 Å². The molecule has 2 aliphatic rings. The molecular formula is C26H26ClFN4O3. The number of rotatable bonds is 4. The number of carbonyl (C=O) groups excluding carboxylic acids is 1. The molecule has 2 aromatic carbocycles. The van der Waals surface area contributed by atoms with Gasteiger partial charge in [-0.1, -0.05) is 17.7 Å². The van der Waals surface area contributed by atoms with E-state index in [-0.39, 0.29) is 28.9 Å². The van der Waals surface area contributed by atoms with Crippen molar-refractivity contribution in [2.24, 2.45) is 0 Å². The lowest BCUT2D eigenvalue weighted by Crippen LogP contribution is -2.33. The molecule has 3 aromatic rings. The smallest absolute Gasteiger partial charge is 0.324 e. The van der Waals surface area contributed by atoms with Crippen LogP contribution in [0.5, 0.6) is 5.75 Å². The van der Waals surface area contributed by atoms with Gasteiger partial charge in [0, 0.05) is 55.1 Å². The molecule has 7 nitrogen and oxygen atoms in total. The van der Waals surface area contributed by atoms with Gasteiger partial charge in [0.25, 0.3) is 5.56 Å². The van der Waals surface area contributed by atoms with Crippen molar-refractivity contribution in [2.45, 2.75) is 18.9 Å².